The molecular weight excluding hydrogens is 391 g/mol. The van der Waals surface area contributed by atoms with Crippen LogP contribution in [0.15, 0.2) is 18.2 Å². The van der Waals surface area contributed by atoms with Crippen LogP contribution >= 0.6 is 23.2 Å². The predicted molar refractivity (Wildman–Crippen MR) is 105 cm³/mol. The fourth-order valence-electron chi connectivity index (χ4n) is 3.30. The van der Waals surface area contributed by atoms with Gasteiger partial charge in [0.15, 0.2) is 0 Å². The number of nitrogens with one attached hydrogen (secondary N) is 2. The van der Waals surface area contributed by atoms with Gasteiger partial charge >= 0.3 is 0 Å². The number of hydrogen-bond donors (Lipinski definition) is 2. The van der Waals surface area contributed by atoms with Crippen molar-refractivity contribution in [3.05, 3.63) is 28.2 Å². The minimum absolute atomic E-state index is 0.0489. The van der Waals surface area contributed by atoms with Crippen LogP contribution in [0.4, 0.5) is 5.69 Å². The van der Waals surface area contributed by atoms with Gasteiger partial charge in [0.25, 0.3) is 0 Å². The third-order valence-corrected chi connectivity index (χ3v) is 5.95. The molecule has 1 aromatic rings. The molecule has 1 aromatic carbocycles. The van der Waals surface area contributed by atoms with E-state index < -0.39 is 5.54 Å². The minimum Gasteiger partial charge on any atom is -0.367 e. The summed E-state index contributed by atoms with van der Waals surface area (Å²) in [6, 6.07) is 5.57. The first-order valence-corrected chi connectivity index (χ1v) is 9.74. The monoisotopic (exact) mass is 414 g/mol. The molecule has 2 amide bonds. The number of carbonyl (C=O) groups is 2. The number of piperazine rings is 1. The molecule has 2 aliphatic rings. The van der Waals surface area contributed by atoms with Crippen molar-refractivity contribution in [3.63, 3.8) is 0 Å². The molecule has 9 heteroatoms. The lowest BCUT2D eigenvalue weighted by molar-refractivity contribution is -0.132. The number of amides is 2. The maximum absolute atomic E-state index is 12.6. The summed E-state index contributed by atoms with van der Waals surface area (Å²) in [4.78, 5) is 28.8. The predicted octanol–water partition coefficient (Wildman–Crippen LogP) is 1.83. The topological polar surface area (TPSA) is 73.9 Å². The molecule has 2 heterocycles. The zero-order valence-electron chi connectivity index (χ0n) is 15.3. The first-order valence-electron chi connectivity index (χ1n) is 8.98. The fourth-order valence-corrected chi connectivity index (χ4v) is 3.72. The van der Waals surface area contributed by atoms with E-state index in [0.717, 1.165) is 5.69 Å². The van der Waals surface area contributed by atoms with Gasteiger partial charge in [-0.2, -0.15) is 0 Å². The average Bonchev–Trinajstić information content (AvgIpc) is 2.84. The maximum atomic E-state index is 12.6. The van der Waals surface area contributed by atoms with E-state index in [-0.39, 0.29) is 25.3 Å². The summed E-state index contributed by atoms with van der Waals surface area (Å²) in [7, 11) is 0. The van der Waals surface area contributed by atoms with Crippen LogP contribution in [-0.2, 0) is 14.3 Å². The number of hydrogen-bond acceptors (Lipinski definition) is 5. The van der Waals surface area contributed by atoms with Crippen molar-refractivity contribution < 1.29 is 14.3 Å². The highest BCUT2D eigenvalue weighted by molar-refractivity contribution is 6.43. The average molecular weight is 415 g/mol. The van der Waals surface area contributed by atoms with Crippen LogP contribution in [0.5, 0.6) is 0 Å². The van der Waals surface area contributed by atoms with Gasteiger partial charge in [-0.3, -0.25) is 14.9 Å². The molecule has 0 aliphatic carbocycles. The number of rotatable bonds is 4. The van der Waals surface area contributed by atoms with Gasteiger partial charge in [0.1, 0.15) is 6.73 Å². The Bertz CT molecular complexity index is 710. The molecule has 2 fully saturated rings. The lowest BCUT2D eigenvalue weighted by Gasteiger charge is -2.37. The van der Waals surface area contributed by atoms with E-state index in [2.05, 4.69) is 15.5 Å². The Hall–Kier alpha value is -1.54. The van der Waals surface area contributed by atoms with Gasteiger partial charge in [-0.1, -0.05) is 29.3 Å². The Balaban J connectivity index is 1.52. The second-order valence-electron chi connectivity index (χ2n) is 6.95. The van der Waals surface area contributed by atoms with Crippen LogP contribution in [0.1, 0.15) is 19.8 Å². The summed E-state index contributed by atoms with van der Waals surface area (Å²) >= 11 is 12.4. The van der Waals surface area contributed by atoms with Crippen LogP contribution < -0.4 is 15.5 Å². The number of nitrogens with zero attached hydrogens (tertiary/aromatic N) is 2. The van der Waals surface area contributed by atoms with E-state index in [4.69, 9.17) is 27.9 Å². The Morgan fingerprint density at radius 3 is 2.70 bits per heavy atom. The number of carbonyl (C=O) groups excluding carboxylic acids is 2. The highest BCUT2D eigenvalue weighted by Gasteiger charge is 2.35. The van der Waals surface area contributed by atoms with Gasteiger partial charge in [0.2, 0.25) is 11.8 Å². The Morgan fingerprint density at radius 2 is 1.96 bits per heavy atom. The maximum Gasteiger partial charge on any atom is 0.241 e. The summed E-state index contributed by atoms with van der Waals surface area (Å²) in [6.45, 7) is 4.86. The molecule has 0 aromatic heterocycles. The zero-order chi connectivity index (χ0) is 19.4. The van der Waals surface area contributed by atoms with Crippen molar-refractivity contribution in [2.24, 2.45) is 0 Å². The summed E-state index contributed by atoms with van der Waals surface area (Å²) in [5, 5.41) is 6.83. The van der Waals surface area contributed by atoms with Crippen LogP contribution in [-0.4, -0.2) is 61.9 Å². The van der Waals surface area contributed by atoms with Gasteiger partial charge in [0.05, 0.1) is 28.0 Å². The lowest BCUT2D eigenvalue weighted by Crippen LogP contribution is -2.54. The Kier molecular flexibility index (Phi) is 6.47. The molecule has 1 atom stereocenters. The van der Waals surface area contributed by atoms with Crippen molar-refractivity contribution in [3.8, 4) is 0 Å². The van der Waals surface area contributed by atoms with E-state index in [1.54, 1.807) is 13.0 Å². The number of halogens is 2. The van der Waals surface area contributed by atoms with Gasteiger partial charge < -0.3 is 19.9 Å². The van der Waals surface area contributed by atoms with Crippen LogP contribution in [0.25, 0.3) is 0 Å². The van der Waals surface area contributed by atoms with E-state index in [9.17, 15) is 9.59 Å². The van der Waals surface area contributed by atoms with Crippen LogP contribution in [0, 0.1) is 0 Å². The highest BCUT2D eigenvalue weighted by Crippen LogP contribution is 2.33. The normalized spacial score (nSPS) is 23.7. The molecule has 2 aliphatic heterocycles. The summed E-state index contributed by atoms with van der Waals surface area (Å²) < 4.78 is 5.19. The fraction of sp³-hybridized carbons (Fsp3) is 0.556. The molecule has 27 heavy (non-hydrogen) atoms. The molecule has 0 saturated carbocycles. The van der Waals surface area contributed by atoms with Crippen molar-refractivity contribution in [1.82, 2.24) is 15.5 Å². The third-order valence-electron chi connectivity index (χ3n) is 5.14. The number of ether oxygens (including phenoxy) is 1. The molecule has 2 saturated heterocycles. The van der Waals surface area contributed by atoms with Crippen molar-refractivity contribution in [1.29, 1.82) is 0 Å². The van der Waals surface area contributed by atoms with Gasteiger partial charge in [-0.15, -0.1) is 0 Å². The minimum atomic E-state index is -0.803. The quantitative estimate of drug-likeness (QED) is 0.785. The lowest BCUT2D eigenvalue weighted by atomic mass is 9.94. The molecule has 3 rings (SSSR count). The SMILES string of the molecule is CC1(CCC(=O)N2CCN(c3cccc(Cl)c3Cl)CC2)NCOCNC1=O. The van der Waals surface area contributed by atoms with E-state index in [0.29, 0.717) is 49.1 Å². The molecular formula is C18H24Cl2N4O3. The number of benzene rings is 1. The van der Waals surface area contributed by atoms with Gasteiger partial charge in [0, 0.05) is 32.6 Å². The highest BCUT2D eigenvalue weighted by atomic mass is 35.5. The van der Waals surface area contributed by atoms with Crippen LogP contribution in [0.2, 0.25) is 10.0 Å². The first-order chi connectivity index (χ1) is 12.9. The Labute approximate surface area is 168 Å². The Morgan fingerprint density at radius 1 is 1.22 bits per heavy atom. The molecule has 0 spiro atoms. The standard InChI is InChI=1S/C18H24Cl2N4O3/c1-18(17(26)21-11-27-12-22-18)6-5-15(25)24-9-7-23(8-10-24)14-4-2-3-13(19)16(14)20/h2-4,22H,5-12H2,1H3,(H,21,26). The molecule has 1 unspecified atom stereocenters. The van der Waals surface area contributed by atoms with Crippen molar-refractivity contribution in [2.75, 3.05) is 44.5 Å². The largest absolute Gasteiger partial charge is 0.367 e. The van der Waals surface area contributed by atoms with Crippen molar-refractivity contribution >= 4 is 40.7 Å². The summed E-state index contributed by atoms with van der Waals surface area (Å²) in [5.74, 6) is -0.0963. The molecule has 7 nitrogen and oxygen atoms in total. The van der Waals surface area contributed by atoms with Crippen molar-refractivity contribution in [2.45, 2.75) is 25.3 Å². The smallest absolute Gasteiger partial charge is 0.241 e. The molecule has 0 bridgehead atoms. The van der Waals surface area contributed by atoms with Gasteiger partial charge in [-0.05, 0) is 25.5 Å². The summed E-state index contributed by atoms with van der Waals surface area (Å²) in [6.07, 6.45) is 0.718. The molecule has 2 N–H and O–H groups in total. The molecule has 0 radical (unpaired) electrons. The summed E-state index contributed by atoms with van der Waals surface area (Å²) in [5.41, 5.74) is 0.0885. The third kappa shape index (κ3) is 4.66. The van der Waals surface area contributed by atoms with Gasteiger partial charge in [-0.25, -0.2) is 0 Å². The second-order valence-corrected chi connectivity index (χ2v) is 7.73. The van der Waals surface area contributed by atoms with Crippen LogP contribution in [0.3, 0.4) is 0 Å². The van der Waals surface area contributed by atoms with E-state index >= 15 is 0 Å². The zero-order valence-corrected chi connectivity index (χ0v) is 16.8. The second kappa shape index (κ2) is 8.65. The van der Waals surface area contributed by atoms with E-state index in [1.165, 1.54) is 0 Å². The molecule has 148 valence electrons. The first kappa shape index (κ1) is 20.2. The number of anilines is 1. The van der Waals surface area contributed by atoms with E-state index in [1.807, 2.05) is 17.0 Å².